The second-order valence-electron chi connectivity index (χ2n) is 5.89. The number of hydrogen-bond acceptors (Lipinski definition) is 2. The summed E-state index contributed by atoms with van der Waals surface area (Å²) in [5.74, 6) is 0. The van der Waals surface area contributed by atoms with Crippen LogP contribution in [0.25, 0.3) is 0 Å². The van der Waals surface area contributed by atoms with E-state index in [0.717, 1.165) is 19.1 Å². The van der Waals surface area contributed by atoms with Crippen LogP contribution >= 0.6 is 0 Å². The van der Waals surface area contributed by atoms with E-state index < -0.39 is 0 Å². The fourth-order valence-corrected chi connectivity index (χ4v) is 2.39. The van der Waals surface area contributed by atoms with Crippen molar-refractivity contribution in [1.82, 2.24) is 5.32 Å². The number of rotatable bonds is 8. The molecule has 0 aliphatic heterocycles. The Bertz CT molecular complexity index is 396. The van der Waals surface area contributed by atoms with Crippen molar-refractivity contribution in [2.45, 2.75) is 58.5 Å². The second-order valence-corrected chi connectivity index (χ2v) is 5.89. The lowest BCUT2D eigenvalue weighted by atomic mass is 10.1. The van der Waals surface area contributed by atoms with Crippen LogP contribution in [0.2, 0.25) is 0 Å². The SMILES string of the molecule is CCCCCN(C)c1ccc(CNC2CC2)c(C)c1. The van der Waals surface area contributed by atoms with Gasteiger partial charge < -0.3 is 10.2 Å². The molecule has 0 aromatic heterocycles. The van der Waals surface area contributed by atoms with E-state index in [1.807, 2.05) is 0 Å². The summed E-state index contributed by atoms with van der Waals surface area (Å²) in [6.07, 6.45) is 6.62. The Kier molecular flexibility index (Phi) is 5.26. The zero-order valence-corrected chi connectivity index (χ0v) is 12.7. The maximum Gasteiger partial charge on any atom is 0.0366 e. The Morgan fingerprint density at radius 1 is 1.26 bits per heavy atom. The second kappa shape index (κ2) is 6.95. The van der Waals surface area contributed by atoms with Gasteiger partial charge in [-0.1, -0.05) is 25.8 Å². The molecule has 2 nitrogen and oxygen atoms in total. The molecule has 2 rings (SSSR count). The van der Waals surface area contributed by atoms with Crippen molar-refractivity contribution in [1.29, 1.82) is 0 Å². The summed E-state index contributed by atoms with van der Waals surface area (Å²) >= 11 is 0. The lowest BCUT2D eigenvalue weighted by molar-refractivity contribution is 0.684. The Labute approximate surface area is 118 Å². The molecule has 2 heteroatoms. The third-order valence-electron chi connectivity index (χ3n) is 4.02. The molecular formula is C17H28N2. The lowest BCUT2D eigenvalue weighted by Gasteiger charge is -2.20. The van der Waals surface area contributed by atoms with Gasteiger partial charge in [0, 0.05) is 31.9 Å². The molecule has 1 saturated carbocycles. The molecule has 1 aromatic rings. The minimum Gasteiger partial charge on any atom is -0.375 e. The number of unbranched alkanes of at least 4 members (excludes halogenated alkanes) is 2. The van der Waals surface area contributed by atoms with Crippen molar-refractivity contribution in [2.24, 2.45) is 0 Å². The molecule has 0 unspecified atom stereocenters. The molecule has 0 atom stereocenters. The summed E-state index contributed by atoms with van der Waals surface area (Å²) in [7, 11) is 2.20. The molecule has 1 fully saturated rings. The van der Waals surface area contributed by atoms with Crippen LogP contribution in [0.5, 0.6) is 0 Å². The molecule has 1 N–H and O–H groups in total. The van der Waals surface area contributed by atoms with Gasteiger partial charge in [-0.2, -0.15) is 0 Å². The van der Waals surface area contributed by atoms with Crippen LogP contribution in [0, 0.1) is 6.92 Å². The number of aryl methyl sites for hydroxylation is 1. The van der Waals surface area contributed by atoms with Gasteiger partial charge in [0.15, 0.2) is 0 Å². The first-order chi connectivity index (χ1) is 9.20. The Morgan fingerprint density at radius 3 is 2.68 bits per heavy atom. The molecule has 0 saturated heterocycles. The quantitative estimate of drug-likeness (QED) is 0.714. The predicted molar refractivity (Wildman–Crippen MR) is 83.8 cm³/mol. The number of nitrogens with zero attached hydrogens (tertiary/aromatic N) is 1. The highest BCUT2D eigenvalue weighted by molar-refractivity contribution is 5.50. The maximum atomic E-state index is 3.59. The first-order valence-corrected chi connectivity index (χ1v) is 7.74. The first-order valence-electron chi connectivity index (χ1n) is 7.74. The topological polar surface area (TPSA) is 15.3 Å². The average Bonchev–Trinajstić information content (AvgIpc) is 3.21. The van der Waals surface area contributed by atoms with E-state index in [9.17, 15) is 0 Å². The van der Waals surface area contributed by atoms with Crippen molar-refractivity contribution < 1.29 is 0 Å². The molecule has 1 aromatic carbocycles. The average molecular weight is 260 g/mol. The van der Waals surface area contributed by atoms with Gasteiger partial charge in [-0.3, -0.25) is 0 Å². The van der Waals surface area contributed by atoms with Crippen LogP contribution in [0.3, 0.4) is 0 Å². The number of hydrogen-bond donors (Lipinski definition) is 1. The van der Waals surface area contributed by atoms with Gasteiger partial charge >= 0.3 is 0 Å². The van der Waals surface area contributed by atoms with Crippen molar-refractivity contribution >= 4 is 5.69 Å². The smallest absolute Gasteiger partial charge is 0.0366 e. The van der Waals surface area contributed by atoms with Gasteiger partial charge in [0.25, 0.3) is 0 Å². The highest BCUT2D eigenvalue weighted by Gasteiger charge is 2.20. The molecule has 1 aliphatic carbocycles. The van der Waals surface area contributed by atoms with E-state index in [2.05, 4.69) is 49.3 Å². The van der Waals surface area contributed by atoms with Gasteiger partial charge in [-0.05, 0) is 49.4 Å². The summed E-state index contributed by atoms with van der Waals surface area (Å²) < 4.78 is 0. The van der Waals surface area contributed by atoms with Gasteiger partial charge in [-0.15, -0.1) is 0 Å². The zero-order valence-electron chi connectivity index (χ0n) is 12.7. The predicted octanol–water partition coefficient (Wildman–Crippen LogP) is 3.87. The Balaban J connectivity index is 1.88. The summed E-state index contributed by atoms with van der Waals surface area (Å²) in [5.41, 5.74) is 4.20. The fourth-order valence-electron chi connectivity index (χ4n) is 2.39. The summed E-state index contributed by atoms with van der Waals surface area (Å²) in [5, 5.41) is 3.59. The lowest BCUT2D eigenvalue weighted by Crippen LogP contribution is -2.19. The molecule has 0 radical (unpaired) electrons. The van der Waals surface area contributed by atoms with E-state index in [4.69, 9.17) is 0 Å². The van der Waals surface area contributed by atoms with Gasteiger partial charge in [-0.25, -0.2) is 0 Å². The van der Waals surface area contributed by atoms with Gasteiger partial charge in [0.2, 0.25) is 0 Å². The van der Waals surface area contributed by atoms with Crippen LogP contribution < -0.4 is 10.2 Å². The van der Waals surface area contributed by atoms with Crippen LogP contribution in [0.15, 0.2) is 18.2 Å². The molecule has 106 valence electrons. The minimum absolute atomic E-state index is 0.788. The molecule has 1 aliphatic rings. The third kappa shape index (κ3) is 4.54. The van der Waals surface area contributed by atoms with Crippen LogP contribution in [0.4, 0.5) is 5.69 Å². The highest BCUT2D eigenvalue weighted by atomic mass is 15.1. The number of nitrogens with one attached hydrogen (secondary N) is 1. The highest BCUT2D eigenvalue weighted by Crippen LogP contribution is 2.22. The number of benzene rings is 1. The molecule has 0 heterocycles. The third-order valence-corrected chi connectivity index (χ3v) is 4.02. The Hall–Kier alpha value is -1.02. The van der Waals surface area contributed by atoms with E-state index in [-0.39, 0.29) is 0 Å². The molecule has 0 spiro atoms. The van der Waals surface area contributed by atoms with Crippen LogP contribution in [0.1, 0.15) is 50.2 Å². The summed E-state index contributed by atoms with van der Waals surface area (Å²) in [6, 6.07) is 7.67. The van der Waals surface area contributed by atoms with Gasteiger partial charge in [0.05, 0.1) is 0 Å². The number of anilines is 1. The maximum absolute atomic E-state index is 3.59. The van der Waals surface area contributed by atoms with Crippen LogP contribution in [-0.2, 0) is 6.54 Å². The monoisotopic (exact) mass is 260 g/mol. The molecule has 0 bridgehead atoms. The van der Waals surface area contributed by atoms with E-state index in [1.165, 1.54) is 48.9 Å². The van der Waals surface area contributed by atoms with Crippen molar-refractivity contribution in [2.75, 3.05) is 18.5 Å². The summed E-state index contributed by atoms with van der Waals surface area (Å²) in [4.78, 5) is 2.38. The van der Waals surface area contributed by atoms with E-state index in [1.54, 1.807) is 0 Å². The van der Waals surface area contributed by atoms with Crippen molar-refractivity contribution in [3.05, 3.63) is 29.3 Å². The normalized spacial score (nSPS) is 14.7. The largest absolute Gasteiger partial charge is 0.375 e. The van der Waals surface area contributed by atoms with Crippen molar-refractivity contribution in [3.63, 3.8) is 0 Å². The molecule has 0 amide bonds. The van der Waals surface area contributed by atoms with Crippen molar-refractivity contribution in [3.8, 4) is 0 Å². The zero-order chi connectivity index (χ0) is 13.7. The molecule has 19 heavy (non-hydrogen) atoms. The fraction of sp³-hybridized carbons (Fsp3) is 0.647. The van der Waals surface area contributed by atoms with E-state index >= 15 is 0 Å². The van der Waals surface area contributed by atoms with Crippen LogP contribution in [-0.4, -0.2) is 19.6 Å². The Morgan fingerprint density at radius 2 is 2.05 bits per heavy atom. The van der Waals surface area contributed by atoms with Gasteiger partial charge in [0.1, 0.15) is 0 Å². The molecular weight excluding hydrogens is 232 g/mol. The first kappa shape index (κ1) is 14.4. The standard InChI is InChI=1S/C17H28N2/c1-4-5-6-11-19(3)17-10-7-15(14(2)12-17)13-18-16-8-9-16/h7,10,12,16,18H,4-6,8-9,11,13H2,1-3H3. The van der Waals surface area contributed by atoms with E-state index in [0.29, 0.717) is 0 Å². The minimum atomic E-state index is 0.788. The summed E-state index contributed by atoms with van der Waals surface area (Å²) in [6.45, 7) is 6.67.